The summed E-state index contributed by atoms with van der Waals surface area (Å²) in [7, 11) is 0. The lowest BCUT2D eigenvalue weighted by Crippen LogP contribution is -2.14. The molecule has 1 N–H and O–H groups in total. The van der Waals surface area contributed by atoms with Crippen molar-refractivity contribution < 1.29 is 0 Å². The van der Waals surface area contributed by atoms with Gasteiger partial charge in [0.15, 0.2) is 0 Å². The summed E-state index contributed by atoms with van der Waals surface area (Å²) >= 11 is 0. The normalized spacial score (nSPS) is 10.2. The van der Waals surface area contributed by atoms with Crippen LogP contribution in [0.2, 0.25) is 0 Å². The number of rotatable bonds is 4. The molecular formula is C17H18N2. The van der Waals surface area contributed by atoms with Gasteiger partial charge in [-0.25, -0.2) is 0 Å². The van der Waals surface area contributed by atoms with E-state index in [2.05, 4.69) is 43.4 Å². The smallest absolute Gasteiger partial charge is 0.0991 e. The minimum atomic E-state index is 0.707. The van der Waals surface area contributed by atoms with E-state index in [1.165, 1.54) is 22.3 Å². The monoisotopic (exact) mass is 250 g/mol. The zero-order valence-electron chi connectivity index (χ0n) is 11.4. The molecule has 2 heteroatoms. The third kappa shape index (κ3) is 3.43. The van der Waals surface area contributed by atoms with Crippen LogP contribution in [-0.4, -0.2) is 0 Å². The van der Waals surface area contributed by atoms with E-state index in [0.717, 1.165) is 13.1 Å². The van der Waals surface area contributed by atoms with Gasteiger partial charge in [-0.05, 0) is 48.2 Å². The highest BCUT2D eigenvalue weighted by Gasteiger charge is 2.01. The molecule has 0 radical (unpaired) electrons. The number of nitrogens with one attached hydrogen (secondary N) is 1. The molecule has 0 spiro atoms. The predicted octanol–water partition coefficient (Wildman–Crippen LogP) is 3.46. The molecule has 96 valence electrons. The van der Waals surface area contributed by atoms with Crippen molar-refractivity contribution in [2.24, 2.45) is 0 Å². The molecule has 0 heterocycles. The van der Waals surface area contributed by atoms with Gasteiger partial charge in [0, 0.05) is 13.1 Å². The summed E-state index contributed by atoms with van der Waals surface area (Å²) < 4.78 is 0. The van der Waals surface area contributed by atoms with Crippen molar-refractivity contribution in [1.82, 2.24) is 5.32 Å². The first-order valence-corrected chi connectivity index (χ1v) is 6.45. The van der Waals surface area contributed by atoms with E-state index in [0.29, 0.717) is 5.56 Å². The Balaban J connectivity index is 1.95. The summed E-state index contributed by atoms with van der Waals surface area (Å²) in [5.74, 6) is 0. The van der Waals surface area contributed by atoms with Gasteiger partial charge >= 0.3 is 0 Å². The van der Waals surface area contributed by atoms with Crippen molar-refractivity contribution >= 4 is 0 Å². The van der Waals surface area contributed by atoms with Crippen molar-refractivity contribution in [2.75, 3.05) is 0 Å². The van der Waals surface area contributed by atoms with Crippen molar-refractivity contribution in [1.29, 1.82) is 5.26 Å². The standard InChI is InChI=1S/C17H18N2/c1-13-4-3-5-14(2)17(13)12-19-11-16-8-6-15(10-18)7-9-16/h3-9,19H,11-12H2,1-2H3. The Morgan fingerprint density at radius 3 is 2.16 bits per heavy atom. The van der Waals surface area contributed by atoms with Crippen LogP contribution in [0.5, 0.6) is 0 Å². The lowest BCUT2D eigenvalue weighted by atomic mass is 10.0. The fourth-order valence-electron chi connectivity index (χ4n) is 2.16. The Hall–Kier alpha value is -2.11. The Labute approximate surface area is 114 Å². The molecule has 0 fully saturated rings. The van der Waals surface area contributed by atoms with E-state index in [1.807, 2.05) is 24.3 Å². The average molecular weight is 250 g/mol. The van der Waals surface area contributed by atoms with E-state index < -0.39 is 0 Å². The Bertz CT molecular complexity index is 571. The zero-order valence-corrected chi connectivity index (χ0v) is 11.4. The summed E-state index contributed by atoms with van der Waals surface area (Å²) in [5.41, 5.74) is 5.93. The quantitative estimate of drug-likeness (QED) is 0.902. The van der Waals surface area contributed by atoms with Crippen LogP contribution in [-0.2, 0) is 13.1 Å². The molecule has 0 atom stereocenters. The maximum Gasteiger partial charge on any atom is 0.0991 e. The second kappa shape index (κ2) is 6.17. The second-order valence-electron chi connectivity index (χ2n) is 4.78. The van der Waals surface area contributed by atoms with Crippen molar-refractivity contribution in [2.45, 2.75) is 26.9 Å². The third-order valence-electron chi connectivity index (χ3n) is 3.36. The van der Waals surface area contributed by atoms with Gasteiger partial charge in [-0.2, -0.15) is 5.26 Å². The van der Waals surface area contributed by atoms with Crippen LogP contribution in [0.15, 0.2) is 42.5 Å². The third-order valence-corrected chi connectivity index (χ3v) is 3.36. The molecule has 0 saturated carbocycles. The van der Waals surface area contributed by atoms with Gasteiger partial charge in [0.05, 0.1) is 11.6 Å². The molecule has 2 nitrogen and oxygen atoms in total. The molecule has 0 aliphatic heterocycles. The molecule has 0 unspecified atom stereocenters. The van der Waals surface area contributed by atoms with Gasteiger partial charge in [0.2, 0.25) is 0 Å². The van der Waals surface area contributed by atoms with E-state index in [-0.39, 0.29) is 0 Å². The topological polar surface area (TPSA) is 35.8 Å². The van der Waals surface area contributed by atoms with E-state index in [1.54, 1.807) is 0 Å². The molecule has 2 rings (SSSR count). The maximum absolute atomic E-state index is 8.75. The van der Waals surface area contributed by atoms with Crippen molar-refractivity contribution in [3.63, 3.8) is 0 Å². The molecule has 19 heavy (non-hydrogen) atoms. The molecule has 2 aromatic carbocycles. The molecular weight excluding hydrogens is 232 g/mol. The first-order chi connectivity index (χ1) is 9.20. The van der Waals surface area contributed by atoms with Crippen LogP contribution in [0.1, 0.15) is 27.8 Å². The van der Waals surface area contributed by atoms with Crippen LogP contribution in [0.25, 0.3) is 0 Å². The highest BCUT2D eigenvalue weighted by Crippen LogP contribution is 2.13. The van der Waals surface area contributed by atoms with Crippen LogP contribution in [0, 0.1) is 25.2 Å². The van der Waals surface area contributed by atoms with Gasteiger partial charge in [-0.15, -0.1) is 0 Å². The number of hydrogen-bond donors (Lipinski definition) is 1. The molecule has 2 aromatic rings. The van der Waals surface area contributed by atoms with Crippen molar-refractivity contribution in [3.05, 3.63) is 70.3 Å². The number of hydrogen-bond acceptors (Lipinski definition) is 2. The van der Waals surface area contributed by atoms with Crippen LogP contribution in [0.4, 0.5) is 0 Å². The second-order valence-corrected chi connectivity index (χ2v) is 4.78. The van der Waals surface area contributed by atoms with Gasteiger partial charge < -0.3 is 5.32 Å². The number of nitriles is 1. The Kier molecular flexibility index (Phi) is 4.33. The number of aryl methyl sites for hydroxylation is 2. The predicted molar refractivity (Wildman–Crippen MR) is 77.6 cm³/mol. The minimum absolute atomic E-state index is 0.707. The summed E-state index contributed by atoms with van der Waals surface area (Å²) in [6.07, 6.45) is 0. The fraction of sp³-hybridized carbons (Fsp3) is 0.235. The Morgan fingerprint density at radius 1 is 0.947 bits per heavy atom. The van der Waals surface area contributed by atoms with Crippen LogP contribution < -0.4 is 5.32 Å². The van der Waals surface area contributed by atoms with Gasteiger partial charge in [-0.1, -0.05) is 30.3 Å². The molecule has 0 saturated heterocycles. The lowest BCUT2D eigenvalue weighted by Gasteiger charge is -2.11. The highest BCUT2D eigenvalue weighted by atomic mass is 14.8. The Morgan fingerprint density at radius 2 is 1.58 bits per heavy atom. The molecule has 0 aliphatic carbocycles. The molecule has 0 aliphatic rings. The lowest BCUT2D eigenvalue weighted by molar-refractivity contribution is 0.688. The van der Waals surface area contributed by atoms with Crippen LogP contribution in [0.3, 0.4) is 0 Å². The summed E-state index contributed by atoms with van der Waals surface area (Å²) in [6, 6.07) is 16.2. The summed E-state index contributed by atoms with van der Waals surface area (Å²) in [4.78, 5) is 0. The zero-order chi connectivity index (χ0) is 13.7. The number of nitrogens with zero attached hydrogens (tertiary/aromatic N) is 1. The highest BCUT2D eigenvalue weighted by molar-refractivity contribution is 5.34. The van der Waals surface area contributed by atoms with Crippen molar-refractivity contribution in [3.8, 4) is 6.07 Å². The fourth-order valence-corrected chi connectivity index (χ4v) is 2.16. The maximum atomic E-state index is 8.75. The van der Waals surface area contributed by atoms with Crippen LogP contribution >= 0.6 is 0 Å². The van der Waals surface area contributed by atoms with Gasteiger partial charge in [0.1, 0.15) is 0 Å². The number of benzene rings is 2. The van der Waals surface area contributed by atoms with E-state index in [4.69, 9.17) is 5.26 Å². The van der Waals surface area contributed by atoms with Gasteiger partial charge in [-0.3, -0.25) is 0 Å². The summed E-state index contributed by atoms with van der Waals surface area (Å²) in [6.45, 7) is 5.98. The first kappa shape index (κ1) is 13.3. The molecule has 0 amide bonds. The molecule has 0 aromatic heterocycles. The summed E-state index contributed by atoms with van der Waals surface area (Å²) in [5, 5.41) is 12.2. The van der Waals surface area contributed by atoms with E-state index in [9.17, 15) is 0 Å². The largest absolute Gasteiger partial charge is 0.309 e. The molecule has 0 bridgehead atoms. The SMILES string of the molecule is Cc1cccc(C)c1CNCc1ccc(C#N)cc1. The first-order valence-electron chi connectivity index (χ1n) is 6.45. The average Bonchev–Trinajstić information content (AvgIpc) is 2.43. The van der Waals surface area contributed by atoms with Gasteiger partial charge in [0.25, 0.3) is 0 Å². The van der Waals surface area contributed by atoms with E-state index >= 15 is 0 Å². The minimum Gasteiger partial charge on any atom is -0.309 e.